The summed E-state index contributed by atoms with van der Waals surface area (Å²) in [5, 5.41) is 16.0. The molecule has 0 saturated heterocycles. The second kappa shape index (κ2) is 7.79. The summed E-state index contributed by atoms with van der Waals surface area (Å²) in [7, 11) is 0. The van der Waals surface area contributed by atoms with Gasteiger partial charge in [-0.3, -0.25) is 14.9 Å². The molecule has 4 aromatic carbocycles. The van der Waals surface area contributed by atoms with Crippen LogP contribution in [-0.4, -0.2) is 15.8 Å². The predicted octanol–water partition coefficient (Wildman–Crippen LogP) is 6.46. The molecule has 0 radical (unpaired) electrons. The first-order valence-corrected chi connectivity index (χ1v) is 10.0. The van der Waals surface area contributed by atoms with Gasteiger partial charge in [-0.05, 0) is 47.2 Å². The average Bonchev–Trinajstić information content (AvgIpc) is 3.22. The highest BCUT2D eigenvalue weighted by molar-refractivity contribution is 6.34. The Balaban J connectivity index is 1.44. The molecule has 5 aromatic rings. The maximum Gasteiger partial charge on any atom is 0.270 e. The summed E-state index contributed by atoms with van der Waals surface area (Å²) < 4.78 is 5.89. The fourth-order valence-electron chi connectivity index (χ4n) is 3.45. The Bertz CT molecular complexity index is 1530. The summed E-state index contributed by atoms with van der Waals surface area (Å²) in [5.74, 6) is -0.0905. The number of nitro groups is 1. The number of amides is 1. The van der Waals surface area contributed by atoms with Gasteiger partial charge in [-0.25, -0.2) is 4.98 Å². The van der Waals surface area contributed by atoms with Gasteiger partial charge in [0.25, 0.3) is 11.6 Å². The number of carbonyl (C=O) groups is 1. The van der Waals surface area contributed by atoms with Gasteiger partial charge < -0.3 is 9.73 Å². The summed E-state index contributed by atoms with van der Waals surface area (Å²) in [4.78, 5) is 27.6. The van der Waals surface area contributed by atoms with E-state index in [2.05, 4.69) is 10.3 Å². The largest absolute Gasteiger partial charge is 0.436 e. The monoisotopic (exact) mass is 443 g/mol. The van der Waals surface area contributed by atoms with Gasteiger partial charge >= 0.3 is 0 Å². The summed E-state index contributed by atoms with van der Waals surface area (Å²) in [5.41, 5.74) is 2.23. The summed E-state index contributed by atoms with van der Waals surface area (Å²) in [6.45, 7) is 0. The second-order valence-corrected chi connectivity index (χ2v) is 7.55. The van der Waals surface area contributed by atoms with Crippen molar-refractivity contribution in [2.75, 3.05) is 5.32 Å². The topological polar surface area (TPSA) is 98.3 Å². The number of benzene rings is 4. The van der Waals surface area contributed by atoms with E-state index in [1.807, 2.05) is 42.5 Å². The number of aromatic nitrogens is 1. The maximum absolute atomic E-state index is 12.6. The molecule has 0 spiro atoms. The molecule has 7 nitrogen and oxygen atoms in total. The third kappa shape index (κ3) is 3.66. The van der Waals surface area contributed by atoms with E-state index in [1.165, 1.54) is 12.1 Å². The number of halogens is 1. The molecule has 0 unspecified atom stereocenters. The standard InChI is InChI=1S/C24H14ClN3O4/c25-20-9-8-18(28(30)31)13-19(20)23(29)26-17-7-10-22-21(12-17)27-24(32-22)16-6-5-14-3-1-2-4-15(14)11-16/h1-13H,(H,26,29). The smallest absolute Gasteiger partial charge is 0.270 e. The van der Waals surface area contributed by atoms with Crippen molar-refractivity contribution in [3.8, 4) is 11.5 Å². The van der Waals surface area contributed by atoms with Crippen molar-refractivity contribution in [1.29, 1.82) is 0 Å². The Hall–Kier alpha value is -4.23. The number of hydrogen-bond donors (Lipinski definition) is 1. The van der Waals surface area contributed by atoms with Gasteiger partial charge in [0, 0.05) is 23.4 Å². The lowest BCUT2D eigenvalue weighted by atomic mass is 10.1. The molecule has 5 rings (SSSR count). The number of nitrogens with zero attached hydrogens (tertiary/aromatic N) is 2. The lowest BCUT2D eigenvalue weighted by Crippen LogP contribution is -2.12. The highest BCUT2D eigenvalue weighted by Crippen LogP contribution is 2.29. The van der Waals surface area contributed by atoms with E-state index in [9.17, 15) is 14.9 Å². The van der Waals surface area contributed by atoms with Crippen LogP contribution in [0.3, 0.4) is 0 Å². The number of anilines is 1. The summed E-state index contributed by atoms with van der Waals surface area (Å²) >= 11 is 6.06. The zero-order valence-electron chi connectivity index (χ0n) is 16.4. The number of nitrogens with one attached hydrogen (secondary N) is 1. The molecule has 0 aliphatic carbocycles. The average molecular weight is 444 g/mol. The van der Waals surface area contributed by atoms with Gasteiger partial charge in [-0.1, -0.05) is 41.9 Å². The van der Waals surface area contributed by atoms with Crippen LogP contribution in [0.2, 0.25) is 5.02 Å². The van der Waals surface area contributed by atoms with Gasteiger partial charge in [-0.2, -0.15) is 0 Å². The molecule has 0 bridgehead atoms. The van der Waals surface area contributed by atoms with Crippen LogP contribution < -0.4 is 5.32 Å². The molecule has 0 atom stereocenters. The molecular formula is C24H14ClN3O4. The molecule has 32 heavy (non-hydrogen) atoms. The molecular weight excluding hydrogens is 430 g/mol. The molecule has 0 aliphatic rings. The Kier molecular flexibility index (Phi) is 4.80. The SMILES string of the molecule is O=C(Nc1ccc2oc(-c3ccc4ccccc4c3)nc2c1)c1cc([N+](=O)[O-])ccc1Cl. The van der Waals surface area contributed by atoms with Crippen molar-refractivity contribution in [3.63, 3.8) is 0 Å². The third-order valence-electron chi connectivity index (χ3n) is 5.05. The fraction of sp³-hybridized carbons (Fsp3) is 0. The van der Waals surface area contributed by atoms with E-state index in [1.54, 1.807) is 18.2 Å². The van der Waals surface area contributed by atoms with Gasteiger partial charge in [-0.15, -0.1) is 0 Å². The molecule has 0 fully saturated rings. The number of carbonyl (C=O) groups excluding carboxylic acids is 1. The van der Waals surface area contributed by atoms with Crippen LogP contribution in [0.5, 0.6) is 0 Å². The minimum Gasteiger partial charge on any atom is -0.436 e. The van der Waals surface area contributed by atoms with Crippen molar-refractivity contribution >= 4 is 50.8 Å². The van der Waals surface area contributed by atoms with Crippen molar-refractivity contribution in [2.45, 2.75) is 0 Å². The van der Waals surface area contributed by atoms with Crippen molar-refractivity contribution in [1.82, 2.24) is 4.98 Å². The first-order valence-electron chi connectivity index (χ1n) is 9.63. The molecule has 1 aromatic heterocycles. The zero-order chi connectivity index (χ0) is 22.2. The van der Waals surface area contributed by atoms with E-state index >= 15 is 0 Å². The maximum atomic E-state index is 12.6. The lowest BCUT2D eigenvalue weighted by Gasteiger charge is -2.06. The van der Waals surface area contributed by atoms with E-state index in [4.69, 9.17) is 16.0 Å². The van der Waals surface area contributed by atoms with Crippen LogP contribution in [0.1, 0.15) is 10.4 Å². The number of fused-ring (bicyclic) bond motifs is 2. The highest BCUT2D eigenvalue weighted by Gasteiger charge is 2.17. The van der Waals surface area contributed by atoms with E-state index in [0.717, 1.165) is 22.4 Å². The van der Waals surface area contributed by atoms with E-state index in [0.29, 0.717) is 22.7 Å². The quantitative estimate of drug-likeness (QED) is 0.254. The molecule has 0 saturated carbocycles. The van der Waals surface area contributed by atoms with E-state index < -0.39 is 10.8 Å². The summed E-state index contributed by atoms with van der Waals surface area (Å²) in [6, 6.07) is 22.7. The molecule has 1 N–H and O–H groups in total. The lowest BCUT2D eigenvalue weighted by molar-refractivity contribution is -0.384. The van der Waals surface area contributed by atoms with Crippen molar-refractivity contribution in [2.24, 2.45) is 0 Å². The Morgan fingerprint density at radius 3 is 2.59 bits per heavy atom. The molecule has 1 amide bonds. The summed E-state index contributed by atoms with van der Waals surface area (Å²) in [6.07, 6.45) is 0. The van der Waals surface area contributed by atoms with Crippen LogP contribution in [0.25, 0.3) is 33.3 Å². The van der Waals surface area contributed by atoms with Crippen LogP contribution in [0.15, 0.2) is 83.3 Å². The Morgan fingerprint density at radius 1 is 0.969 bits per heavy atom. The predicted molar refractivity (Wildman–Crippen MR) is 123 cm³/mol. The van der Waals surface area contributed by atoms with Gasteiger partial charge in [0.1, 0.15) is 5.52 Å². The minimum absolute atomic E-state index is 0.0120. The van der Waals surface area contributed by atoms with Crippen molar-refractivity contribution in [3.05, 3.63) is 99.6 Å². The van der Waals surface area contributed by atoms with Crippen molar-refractivity contribution < 1.29 is 14.1 Å². The Labute approximate surface area is 186 Å². The normalized spacial score (nSPS) is 11.0. The second-order valence-electron chi connectivity index (χ2n) is 7.14. The molecule has 1 heterocycles. The number of rotatable bonds is 4. The number of hydrogen-bond acceptors (Lipinski definition) is 5. The number of non-ortho nitro benzene ring substituents is 1. The van der Waals surface area contributed by atoms with Gasteiger partial charge in [0.05, 0.1) is 15.5 Å². The number of nitro benzene ring substituents is 1. The first-order chi connectivity index (χ1) is 15.5. The third-order valence-corrected chi connectivity index (χ3v) is 5.38. The van der Waals surface area contributed by atoms with Crippen LogP contribution in [0.4, 0.5) is 11.4 Å². The van der Waals surface area contributed by atoms with Crippen LogP contribution in [0, 0.1) is 10.1 Å². The Morgan fingerprint density at radius 2 is 1.78 bits per heavy atom. The molecule has 8 heteroatoms. The van der Waals surface area contributed by atoms with E-state index in [-0.39, 0.29) is 16.3 Å². The highest BCUT2D eigenvalue weighted by atomic mass is 35.5. The van der Waals surface area contributed by atoms with Crippen LogP contribution >= 0.6 is 11.6 Å². The minimum atomic E-state index is -0.580. The van der Waals surface area contributed by atoms with Gasteiger partial charge in [0.15, 0.2) is 5.58 Å². The zero-order valence-corrected chi connectivity index (χ0v) is 17.2. The number of oxazole rings is 1. The molecule has 156 valence electrons. The fourth-order valence-corrected chi connectivity index (χ4v) is 3.65. The first kappa shape index (κ1) is 19.7. The van der Waals surface area contributed by atoms with Gasteiger partial charge in [0.2, 0.25) is 5.89 Å². The van der Waals surface area contributed by atoms with Crippen LogP contribution in [-0.2, 0) is 0 Å². The molecule has 0 aliphatic heterocycles.